The number of carbonyl (C=O) groups is 1. The molecule has 4 aromatic rings. The first-order chi connectivity index (χ1) is 17.8. The molecular weight excluding hydrogens is 470 g/mol. The van der Waals surface area contributed by atoms with E-state index in [-0.39, 0.29) is 23.3 Å². The van der Waals surface area contributed by atoms with E-state index < -0.39 is 0 Å². The Morgan fingerprint density at radius 2 is 1.78 bits per heavy atom. The Hall–Kier alpha value is -4.40. The first-order valence-electron chi connectivity index (χ1n) is 12.2. The van der Waals surface area contributed by atoms with Crippen molar-refractivity contribution in [3.05, 3.63) is 87.5 Å². The SMILES string of the molecule is COc1cccc(-c2nn(C3CCN(c4cc(C(=O)c5cc(C)c(O)c(C)c5)ccn4)CC3)c(=O)[nH]2)c1. The molecule has 2 aromatic carbocycles. The van der Waals surface area contributed by atoms with Crippen molar-refractivity contribution < 1.29 is 14.6 Å². The second kappa shape index (κ2) is 9.93. The third-order valence-electron chi connectivity index (χ3n) is 6.88. The van der Waals surface area contributed by atoms with Crippen molar-refractivity contribution >= 4 is 11.6 Å². The summed E-state index contributed by atoms with van der Waals surface area (Å²) >= 11 is 0. The van der Waals surface area contributed by atoms with Crippen LogP contribution < -0.4 is 15.3 Å². The summed E-state index contributed by atoms with van der Waals surface area (Å²) in [5, 5.41) is 14.6. The Morgan fingerprint density at radius 1 is 1.05 bits per heavy atom. The second-order valence-electron chi connectivity index (χ2n) is 9.36. The van der Waals surface area contributed by atoms with Crippen LogP contribution in [0.2, 0.25) is 0 Å². The highest BCUT2D eigenvalue weighted by atomic mass is 16.5. The first-order valence-corrected chi connectivity index (χ1v) is 12.2. The van der Waals surface area contributed by atoms with Crippen molar-refractivity contribution in [3.8, 4) is 22.9 Å². The van der Waals surface area contributed by atoms with Gasteiger partial charge in [0.1, 0.15) is 17.3 Å². The van der Waals surface area contributed by atoms with Gasteiger partial charge in [0.2, 0.25) is 0 Å². The normalized spacial score (nSPS) is 14.1. The second-order valence-corrected chi connectivity index (χ2v) is 9.36. The Balaban J connectivity index is 1.30. The fraction of sp³-hybridized carbons (Fsp3) is 0.286. The maximum absolute atomic E-state index is 13.1. The molecule has 2 N–H and O–H groups in total. The maximum atomic E-state index is 13.1. The number of hydrogen-bond donors (Lipinski definition) is 2. The van der Waals surface area contributed by atoms with Crippen LogP contribution in [-0.2, 0) is 0 Å². The number of anilines is 1. The molecular formula is C28H29N5O4. The van der Waals surface area contributed by atoms with Gasteiger partial charge in [0, 0.05) is 36.0 Å². The molecule has 0 spiro atoms. The number of phenolic OH excluding ortho intramolecular Hbond substituents is 1. The van der Waals surface area contributed by atoms with E-state index in [1.807, 2.05) is 30.3 Å². The van der Waals surface area contributed by atoms with Crippen LogP contribution in [0.5, 0.6) is 11.5 Å². The van der Waals surface area contributed by atoms with Crippen molar-refractivity contribution in [2.45, 2.75) is 32.7 Å². The van der Waals surface area contributed by atoms with E-state index in [0.29, 0.717) is 46.9 Å². The van der Waals surface area contributed by atoms with Crippen LogP contribution in [0.25, 0.3) is 11.4 Å². The molecule has 5 rings (SSSR count). The Bertz CT molecular complexity index is 1490. The van der Waals surface area contributed by atoms with E-state index in [4.69, 9.17) is 4.74 Å². The van der Waals surface area contributed by atoms with E-state index >= 15 is 0 Å². The van der Waals surface area contributed by atoms with E-state index in [0.717, 1.165) is 24.2 Å². The van der Waals surface area contributed by atoms with Gasteiger partial charge in [-0.05, 0) is 74.2 Å². The van der Waals surface area contributed by atoms with Gasteiger partial charge in [-0.25, -0.2) is 14.5 Å². The largest absolute Gasteiger partial charge is 0.507 e. The number of carbonyl (C=O) groups excluding carboxylic acids is 1. The van der Waals surface area contributed by atoms with Gasteiger partial charge >= 0.3 is 5.69 Å². The van der Waals surface area contributed by atoms with E-state index in [9.17, 15) is 14.7 Å². The summed E-state index contributed by atoms with van der Waals surface area (Å²) in [6.07, 6.45) is 3.09. The lowest BCUT2D eigenvalue weighted by molar-refractivity contribution is 0.103. The number of rotatable bonds is 6. The monoisotopic (exact) mass is 499 g/mol. The molecule has 0 aliphatic carbocycles. The summed E-state index contributed by atoms with van der Waals surface area (Å²) in [7, 11) is 1.60. The van der Waals surface area contributed by atoms with Crippen LogP contribution in [0.1, 0.15) is 45.9 Å². The van der Waals surface area contributed by atoms with Crippen LogP contribution in [0, 0.1) is 13.8 Å². The predicted octanol–water partition coefficient (Wildman–Crippen LogP) is 4.04. The molecule has 1 fully saturated rings. The third-order valence-corrected chi connectivity index (χ3v) is 6.88. The van der Waals surface area contributed by atoms with E-state index in [1.165, 1.54) is 4.68 Å². The van der Waals surface area contributed by atoms with Crippen LogP contribution >= 0.6 is 0 Å². The zero-order valence-corrected chi connectivity index (χ0v) is 21.1. The molecule has 0 amide bonds. The van der Waals surface area contributed by atoms with Crippen LogP contribution in [0.15, 0.2) is 59.5 Å². The molecule has 1 aliphatic heterocycles. The predicted molar refractivity (Wildman–Crippen MR) is 141 cm³/mol. The molecule has 9 nitrogen and oxygen atoms in total. The summed E-state index contributed by atoms with van der Waals surface area (Å²) in [6, 6.07) is 14.3. The average Bonchev–Trinajstić information content (AvgIpc) is 3.32. The van der Waals surface area contributed by atoms with Gasteiger partial charge in [0.25, 0.3) is 0 Å². The molecule has 0 radical (unpaired) electrons. The number of nitrogens with one attached hydrogen (secondary N) is 1. The summed E-state index contributed by atoms with van der Waals surface area (Å²) in [4.78, 5) is 35.3. The number of benzene rings is 2. The number of piperidine rings is 1. The minimum absolute atomic E-state index is 0.0351. The maximum Gasteiger partial charge on any atom is 0.343 e. The molecule has 2 aromatic heterocycles. The van der Waals surface area contributed by atoms with Crippen LogP contribution in [-0.4, -0.2) is 50.8 Å². The number of hydrogen-bond acceptors (Lipinski definition) is 7. The fourth-order valence-corrected chi connectivity index (χ4v) is 4.81. The molecule has 190 valence electrons. The molecule has 3 heterocycles. The van der Waals surface area contributed by atoms with Gasteiger partial charge in [-0.15, -0.1) is 5.10 Å². The third kappa shape index (κ3) is 4.84. The van der Waals surface area contributed by atoms with Crippen molar-refractivity contribution in [2.75, 3.05) is 25.1 Å². The number of phenols is 1. The highest BCUT2D eigenvalue weighted by Gasteiger charge is 2.25. The Labute approximate surface area is 214 Å². The smallest absolute Gasteiger partial charge is 0.343 e. The van der Waals surface area contributed by atoms with Gasteiger partial charge in [-0.2, -0.15) is 0 Å². The summed E-state index contributed by atoms with van der Waals surface area (Å²) in [6.45, 7) is 4.93. The lowest BCUT2D eigenvalue weighted by Crippen LogP contribution is -2.38. The summed E-state index contributed by atoms with van der Waals surface area (Å²) in [5.74, 6) is 2.03. The molecule has 0 unspecified atom stereocenters. The van der Waals surface area contributed by atoms with Crippen molar-refractivity contribution in [3.63, 3.8) is 0 Å². The zero-order valence-electron chi connectivity index (χ0n) is 21.1. The molecule has 37 heavy (non-hydrogen) atoms. The van der Waals surface area contributed by atoms with Crippen molar-refractivity contribution in [2.24, 2.45) is 0 Å². The summed E-state index contributed by atoms with van der Waals surface area (Å²) in [5.41, 5.74) is 2.97. The number of aromatic nitrogens is 4. The van der Waals surface area contributed by atoms with Gasteiger partial charge in [-0.3, -0.25) is 9.78 Å². The number of aromatic amines is 1. The van der Waals surface area contributed by atoms with Crippen molar-refractivity contribution in [1.29, 1.82) is 0 Å². The minimum atomic E-state index is -0.235. The number of ketones is 1. The number of pyridine rings is 1. The van der Waals surface area contributed by atoms with Gasteiger partial charge in [0.05, 0.1) is 13.2 Å². The fourth-order valence-electron chi connectivity index (χ4n) is 4.81. The molecule has 0 saturated carbocycles. The Morgan fingerprint density at radius 3 is 2.49 bits per heavy atom. The number of aryl methyl sites for hydroxylation is 2. The van der Waals surface area contributed by atoms with Crippen LogP contribution in [0.4, 0.5) is 5.82 Å². The first kappa shape index (κ1) is 24.3. The van der Waals surface area contributed by atoms with E-state index in [2.05, 4.69) is 20.0 Å². The van der Waals surface area contributed by atoms with Gasteiger partial charge in [-0.1, -0.05) is 12.1 Å². The molecule has 1 saturated heterocycles. The topological polar surface area (TPSA) is 113 Å². The lowest BCUT2D eigenvalue weighted by Gasteiger charge is -2.32. The van der Waals surface area contributed by atoms with Gasteiger partial charge in [0.15, 0.2) is 11.6 Å². The number of methoxy groups -OCH3 is 1. The van der Waals surface area contributed by atoms with E-state index in [1.54, 1.807) is 45.4 Å². The summed E-state index contributed by atoms with van der Waals surface area (Å²) < 4.78 is 6.81. The molecule has 0 atom stereocenters. The quantitative estimate of drug-likeness (QED) is 0.385. The highest BCUT2D eigenvalue weighted by Crippen LogP contribution is 2.28. The van der Waals surface area contributed by atoms with Crippen molar-refractivity contribution in [1.82, 2.24) is 19.7 Å². The van der Waals surface area contributed by atoms with Crippen LogP contribution in [0.3, 0.4) is 0 Å². The molecule has 1 aliphatic rings. The standard InChI is InChI=1S/C28H29N5O4/c1-17-13-21(14-18(2)25(17)34)26(35)19-7-10-29-24(16-19)32-11-8-22(9-12-32)33-28(36)30-27(31-33)20-5-4-6-23(15-20)37-3/h4-7,10,13-16,22,34H,8-9,11-12H2,1-3H3,(H,30,31,36). The number of aromatic hydroxyl groups is 1. The number of H-pyrrole nitrogens is 1. The lowest BCUT2D eigenvalue weighted by atomic mass is 9.99. The zero-order chi connectivity index (χ0) is 26.1. The molecule has 9 heteroatoms. The number of nitrogens with zero attached hydrogens (tertiary/aromatic N) is 4. The average molecular weight is 500 g/mol. The molecule has 0 bridgehead atoms. The number of ether oxygens (including phenoxy) is 1. The Kier molecular flexibility index (Phi) is 6.52. The highest BCUT2D eigenvalue weighted by molar-refractivity contribution is 6.09. The van der Waals surface area contributed by atoms with Gasteiger partial charge < -0.3 is 14.7 Å². The minimum Gasteiger partial charge on any atom is -0.507 e.